The summed E-state index contributed by atoms with van der Waals surface area (Å²) in [7, 11) is 0. The Balaban J connectivity index is 2.06. The molecule has 1 fully saturated rings. The fourth-order valence-corrected chi connectivity index (χ4v) is 3.11. The molecule has 1 saturated carbocycles. The van der Waals surface area contributed by atoms with Gasteiger partial charge < -0.3 is 4.84 Å². The Morgan fingerprint density at radius 1 is 1.20 bits per heavy atom. The van der Waals surface area contributed by atoms with E-state index in [9.17, 15) is 10.1 Å². The predicted molar refractivity (Wildman–Crippen MR) is 70.7 cm³/mol. The normalized spacial score (nSPS) is 27.9. The first-order valence-corrected chi connectivity index (χ1v) is 6.76. The first kappa shape index (κ1) is 13.0. The zero-order valence-corrected chi connectivity index (χ0v) is 10.9. The Kier molecular flexibility index (Phi) is 2.96. The Hall–Kier alpha value is -1.98. The second-order valence-electron chi connectivity index (χ2n) is 5.33. The highest BCUT2D eigenvalue weighted by Gasteiger charge is 2.72. The van der Waals surface area contributed by atoms with E-state index in [1.165, 1.54) is 0 Å². The van der Waals surface area contributed by atoms with Gasteiger partial charge in [0.05, 0.1) is 4.92 Å². The lowest BCUT2D eigenvalue weighted by atomic mass is 9.75. The third kappa shape index (κ3) is 1.63. The van der Waals surface area contributed by atoms with Crippen molar-refractivity contribution in [2.75, 3.05) is 0 Å². The van der Waals surface area contributed by atoms with Crippen molar-refractivity contribution in [2.45, 2.75) is 43.5 Å². The van der Waals surface area contributed by atoms with E-state index in [1.54, 1.807) is 30.3 Å². The molecule has 0 saturated heterocycles. The summed E-state index contributed by atoms with van der Waals surface area (Å²) < 4.78 is 15.4. The lowest BCUT2D eigenvalue weighted by molar-refractivity contribution is -0.604. The monoisotopic (exact) mass is 278 g/mol. The fraction of sp³-hybridized carbons (Fsp3) is 0.500. The SMILES string of the molecule is O=[N+]([O-])C1(F)C(c2ccccc2)=NOC12CCCCC2. The first-order valence-electron chi connectivity index (χ1n) is 6.76. The van der Waals surface area contributed by atoms with Crippen LogP contribution < -0.4 is 0 Å². The number of benzene rings is 1. The number of rotatable bonds is 2. The van der Waals surface area contributed by atoms with E-state index in [-0.39, 0.29) is 5.71 Å². The Morgan fingerprint density at radius 3 is 2.45 bits per heavy atom. The van der Waals surface area contributed by atoms with Gasteiger partial charge in [-0.3, -0.25) is 10.1 Å². The molecule has 0 amide bonds. The van der Waals surface area contributed by atoms with Crippen LogP contribution in [0.5, 0.6) is 0 Å². The van der Waals surface area contributed by atoms with Gasteiger partial charge >= 0.3 is 5.79 Å². The average molecular weight is 278 g/mol. The summed E-state index contributed by atoms with van der Waals surface area (Å²) in [6.07, 6.45) is 3.03. The smallest absolute Gasteiger partial charge is 0.377 e. The summed E-state index contributed by atoms with van der Waals surface area (Å²) in [5.74, 6) is -2.77. The number of alkyl halides is 1. The van der Waals surface area contributed by atoms with Gasteiger partial charge in [-0.2, -0.15) is 4.39 Å². The van der Waals surface area contributed by atoms with Gasteiger partial charge in [0.15, 0.2) is 0 Å². The van der Waals surface area contributed by atoms with E-state index in [2.05, 4.69) is 5.16 Å². The highest BCUT2D eigenvalue weighted by Crippen LogP contribution is 2.48. The largest absolute Gasteiger partial charge is 0.446 e. The lowest BCUT2D eigenvalue weighted by Crippen LogP contribution is -2.59. The van der Waals surface area contributed by atoms with E-state index in [0.717, 1.165) is 19.3 Å². The number of nitro groups is 1. The molecule has 1 aliphatic heterocycles. The first-order chi connectivity index (χ1) is 9.60. The highest BCUT2D eigenvalue weighted by atomic mass is 19.1. The van der Waals surface area contributed by atoms with Crippen LogP contribution in [-0.2, 0) is 4.84 Å². The molecular weight excluding hydrogens is 263 g/mol. The minimum atomic E-state index is -2.77. The molecule has 1 heterocycles. The average Bonchev–Trinajstić information content (AvgIpc) is 2.75. The third-order valence-electron chi connectivity index (χ3n) is 4.19. The molecule has 1 aromatic carbocycles. The fourth-order valence-electron chi connectivity index (χ4n) is 3.11. The van der Waals surface area contributed by atoms with Crippen molar-refractivity contribution >= 4 is 5.71 Å². The number of hydrogen-bond donors (Lipinski definition) is 0. The molecule has 1 unspecified atom stereocenters. The summed E-state index contributed by atoms with van der Waals surface area (Å²) >= 11 is 0. The predicted octanol–water partition coefficient (Wildman–Crippen LogP) is 3.07. The van der Waals surface area contributed by atoms with Gasteiger partial charge in [0.25, 0.3) is 0 Å². The van der Waals surface area contributed by atoms with Crippen molar-refractivity contribution in [3.05, 3.63) is 46.0 Å². The van der Waals surface area contributed by atoms with Crippen molar-refractivity contribution in [1.29, 1.82) is 0 Å². The van der Waals surface area contributed by atoms with Crippen LogP contribution in [0.25, 0.3) is 0 Å². The van der Waals surface area contributed by atoms with Crippen molar-refractivity contribution in [3.8, 4) is 0 Å². The Morgan fingerprint density at radius 2 is 1.85 bits per heavy atom. The lowest BCUT2D eigenvalue weighted by Gasteiger charge is -2.34. The second-order valence-corrected chi connectivity index (χ2v) is 5.33. The third-order valence-corrected chi connectivity index (χ3v) is 4.19. The molecule has 0 radical (unpaired) electrons. The van der Waals surface area contributed by atoms with Crippen LogP contribution in [-0.4, -0.2) is 22.0 Å². The molecule has 106 valence electrons. The minimum absolute atomic E-state index is 0.218. The molecule has 3 rings (SSSR count). The van der Waals surface area contributed by atoms with Gasteiger partial charge in [0.2, 0.25) is 11.3 Å². The van der Waals surface area contributed by atoms with Crippen LogP contribution in [0.4, 0.5) is 4.39 Å². The summed E-state index contributed by atoms with van der Waals surface area (Å²) in [6, 6.07) is 8.39. The van der Waals surface area contributed by atoms with Crippen molar-refractivity contribution in [2.24, 2.45) is 5.16 Å². The quantitative estimate of drug-likeness (QED) is 0.474. The minimum Gasteiger partial charge on any atom is -0.377 e. The second kappa shape index (κ2) is 4.54. The molecule has 5 nitrogen and oxygen atoms in total. The van der Waals surface area contributed by atoms with Crippen molar-refractivity contribution in [3.63, 3.8) is 0 Å². The van der Waals surface area contributed by atoms with Crippen LogP contribution in [0.2, 0.25) is 0 Å². The van der Waals surface area contributed by atoms with E-state index in [4.69, 9.17) is 4.84 Å². The number of nitrogens with zero attached hydrogens (tertiary/aromatic N) is 2. The molecular formula is C14H15FN2O3. The van der Waals surface area contributed by atoms with E-state index in [0.29, 0.717) is 18.4 Å². The van der Waals surface area contributed by atoms with Gasteiger partial charge in [-0.05, 0) is 12.8 Å². The molecule has 1 atom stereocenters. The van der Waals surface area contributed by atoms with E-state index < -0.39 is 16.3 Å². The molecule has 1 aliphatic carbocycles. The maximum absolute atomic E-state index is 15.4. The highest BCUT2D eigenvalue weighted by molar-refractivity contribution is 6.06. The van der Waals surface area contributed by atoms with Crippen LogP contribution in [0.15, 0.2) is 35.5 Å². The number of halogens is 1. The molecule has 0 aromatic heterocycles. The molecule has 20 heavy (non-hydrogen) atoms. The summed E-state index contributed by atoms with van der Waals surface area (Å²) in [4.78, 5) is 15.9. The topological polar surface area (TPSA) is 64.7 Å². The van der Waals surface area contributed by atoms with E-state index >= 15 is 4.39 Å². The van der Waals surface area contributed by atoms with Gasteiger partial charge in [0, 0.05) is 18.4 Å². The van der Waals surface area contributed by atoms with Crippen LogP contribution in [0.1, 0.15) is 37.7 Å². The zero-order chi connectivity index (χ0) is 14.2. The Labute approximate surface area is 115 Å². The number of hydrogen-bond acceptors (Lipinski definition) is 4. The van der Waals surface area contributed by atoms with Crippen LogP contribution >= 0.6 is 0 Å². The van der Waals surface area contributed by atoms with Crippen molar-refractivity contribution < 1.29 is 14.2 Å². The molecule has 0 bridgehead atoms. The van der Waals surface area contributed by atoms with Gasteiger partial charge in [-0.25, -0.2) is 0 Å². The number of oxime groups is 1. The maximum atomic E-state index is 15.4. The molecule has 2 aliphatic rings. The van der Waals surface area contributed by atoms with E-state index in [1.807, 2.05) is 0 Å². The molecule has 0 N–H and O–H groups in total. The van der Waals surface area contributed by atoms with Gasteiger partial charge in [-0.15, -0.1) is 0 Å². The van der Waals surface area contributed by atoms with Crippen LogP contribution in [0, 0.1) is 10.1 Å². The Bertz CT molecular complexity index is 555. The van der Waals surface area contributed by atoms with Crippen molar-refractivity contribution in [1.82, 2.24) is 0 Å². The zero-order valence-electron chi connectivity index (χ0n) is 10.9. The summed E-state index contributed by atoms with van der Waals surface area (Å²) in [5, 5.41) is 15.2. The summed E-state index contributed by atoms with van der Waals surface area (Å²) in [6.45, 7) is 0. The summed E-state index contributed by atoms with van der Waals surface area (Å²) in [5.41, 5.74) is -1.26. The van der Waals surface area contributed by atoms with Gasteiger partial charge in [0.1, 0.15) is 0 Å². The van der Waals surface area contributed by atoms with Gasteiger partial charge in [-0.1, -0.05) is 41.9 Å². The molecule has 6 heteroatoms. The molecule has 1 spiro atoms. The standard InChI is InChI=1S/C14H15FN2O3/c15-14(17(18)19)12(11-7-3-1-4-8-11)16-20-13(14)9-5-2-6-10-13/h1,3-4,7-8H,2,5-6,9-10H2. The molecule has 1 aromatic rings. The van der Waals surface area contributed by atoms with Crippen LogP contribution in [0.3, 0.4) is 0 Å². The maximum Gasteiger partial charge on any atom is 0.446 e.